The van der Waals surface area contributed by atoms with Crippen molar-refractivity contribution < 1.29 is 22.0 Å². The Hall–Kier alpha value is -7.08. The molecule has 0 atom stereocenters. The SMILES string of the molecule is Fc1c(F)c(F)c(-c2c3nc(c(-c4ccncc4)c4ccc([nH]4)c(-c4ccncc4)c4nc(c(-c5ccncc5)c5ccc2[nH]5)C=C4)C=C3)c(F)c1F. The lowest BCUT2D eigenvalue weighted by molar-refractivity contribution is 0.381. The molecule has 9 rings (SSSR count). The third-order valence-electron chi connectivity index (χ3n) is 9.12. The summed E-state index contributed by atoms with van der Waals surface area (Å²) in [5.41, 5.74) is 6.16. The molecule has 0 aliphatic carbocycles. The number of halogens is 5. The zero-order valence-electron chi connectivity index (χ0n) is 27.2. The maximum atomic E-state index is 15.7. The van der Waals surface area contributed by atoms with E-state index in [2.05, 4.69) is 24.9 Å². The Bertz CT molecular complexity index is 2760. The molecule has 0 spiro atoms. The van der Waals surface area contributed by atoms with E-state index in [4.69, 9.17) is 9.97 Å². The number of aromatic amines is 2. The summed E-state index contributed by atoms with van der Waals surface area (Å²) in [6.07, 6.45) is 16.7. The molecule has 1 aromatic carbocycles. The summed E-state index contributed by atoms with van der Waals surface area (Å²) < 4.78 is 75.5. The molecule has 256 valence electrons. The third-order valence-corrected chi connectivity index (χ3v) is 9.12. The lowest BCUT2D eigenvalue weighted by Gasteiger charge is -2.10. The molecular weight excluding hydrogens is 685 g/mol. The summed E-state index contributed by atoms with van der Waals surface area (Å²) in [5, 5.41) is 0. The van der Waals surface area contributed by atoms with Crippen molar-refractivity contribution in [2.75, 3.05) is 0 Å². The summed E-state index contributed by atoms with van der Waals surface area (Å²) in [6, 6.07) is 17.9. The van der Waals surface area contributed by atoms with Crippen LogP contribution in [0.15, 0.2) is 97.8 Å². The van der Waals surface area contributed by atoms with Crippen LogP contribution in [0.2, 0.25) is 0 Å². The number of hydrogen-bond donors (Lipinski definition) is 2. The van der Waals surface area contributed by atoms with Crippen LogP contribution in [0.4, 0.5) is 22.0 Å². The van der Waals surface area contributed by atoms with Crippen molar-refractivity contribution in [2.45, 2.75) is 0 Å². The molecule has 8 heterocycles. The molecule has 0 saturated heterocycles. The summed E-state index contributed by atoms with van der Waals surface area (Å²) in [5.74, 6) is -10.4. The number of fused-ring (bicyclic) bond motifs is 8. The summed E-state index contributed by atoms with van der Waals surface area (Å²) >= 11 is 0. The number of rotatable bonds is 4. The van der Waals surface area contributed by atoms with Crippen LogP contribution < -0.4 is 0 Å². The number of benzene rings is 1. The molecule has 0 fully saturated rings. The number of H-pyrrole nitrogens is 2. The zero-order valence-corrected chi connectivity index (χ0v) is 27.2. The molecule has 2 aliphatic rings. The summed E-state index contributed by atoms with van der Waals surface area (Å²) in [4.78, 5) is 29.2. The number of hydrogen-bond acceptors (Lipinski definition) is 5. The largest absolute Gasteiger partial charge is 0.354 e. The fraction of sp³-hybridized carbons (Fsp3) is 0. The molecule has 12 heteroatoms. The first kappa shape index (κ1) is 31.9. The van der Waals surface area contributed by atoms with Gasteiger partial charge < -0.3 is 9.97 Å². The second-order valence-electron chi connectivity index (χ2n) is 12.2. The number of nitrogens with zero attached hydrogens (tertiary/aromatic N) is 5. The second kappa shape index (κ2) is 12.6. The Morgan fingerprint density at radius 2 is 0.604 bits per heavy atom. The average Bonchev–Trinajstić information content (AvgIpc) is 4.04. The number of pyridine rings is 3. The molecule has 7 nitrogen and oxygen atoms in total. The second-order valence-corrected chi connectivity index (χ2v) is 12.2. The van der Waals surface area contributed by atoms with E-state index in [-0.39, 0.29) is 16.8 Å². The van der Waals surface area contributed by atoms with Crippen LogP contribution in [0, 0.1) is 29.1 Å². The molecule has 2 aliphatic heterocycles. The van der Waals surface area contributed by atoms with E-state index >= 15 is 8.78 Å². The van der Waals surface area contributed by atoms with Gasteiger partial charge in [0.15, 0.2) is 23.3 Å². The Labute approximate surface area is 297 Å². The lowest BCUT2D eigenvalue weighted by Crippen LogP contribution is -2.05. The predicted octanol–water partition coefficient (Wildman–Crippen LogP) is 10.2. The molecule has 0 radical (unpaired) electrons. The highest BCUT2D eigenvalue weighted by molar-refractivity contribution is 5.99. The number of aromatic nitrogens is 7. The van der Waals surface area contributed by atoms with E-state index in [0.717, 1.165) is 16.6 Å². The molecule has 6 aromatic heterocycles. The monoisotopic (exact) mass is 707 g/mol. The smallest absolute Gasteiger partial charge is 0.200 e. The third kappa shape index (κ3) is 5.30. The van der Waals surface area contributed by atoms with Gasteiger partial charge in [0.05, 0.1) is 28.3 Å². The standard InChI is InChI=1S/C41H22F5N7/c42-37-36(38(43)40(45)41(46)39(37)44)35-30-7-5-28(52-30)33(22-11-17-48-18-12-22)26-3-1-24(50-26)32(21-9-15-47-16-10-21)25-2-4-27(51-25)34(23-13-19-49-20-14-23)29-6-8-31(35)53-29/h1-20,50,53H. The van der Waals surface area contributed by atoms with Gasteiger partial charge in [-0.2, -0.15) is 0 Å². The molecule has 8 bridgehead atoms. The van der Waals surface area contributed by atoms with Crippen LogP contribution in [-0.2, 0) is 0 Å². The molecule has 53 heavy (non-hydrogen) atoms. The predicted molar refractivity (Wildman–Crippen MR) is 194 cm³/mol. The first-order valence-corrected chi connectivity index (χ1v) is 16.3. The Morgan fingerprint density at radius 3 is 0.943 bits per heavy atom. The van der Waals surface area contributed by atoms with E-state index in [1.807, 2.05) is 36.4 Å². The van der Waals surface area contributed by atoms with Crippen LogP contribution in [0.1, 0.15) is 22.8 Å². The average molecular weight is 708 g/mol. The fourth-order valence-corrected chi connectivity index (χ4v) is 6.76. The topological polar surface area (TPSA) is 96.0 Å². The maximum absolute atomic E-state index is 15.7. The van der Waals surface area contributed by atoms with E-state index in [0.29, 0.717) is 50.4 Å². The fourth-order valence-electron chi connectivity index (χ4n) is 6.76. The van der Waals surface area contributed by atoms with E-state index in [1.54, 1.807) is 73.6 Å². The summed E-state index contributed by atoms with van der Waals surface area (Å²) in [7, 11) is 0. The van der Waals surface area contributed by atoms with E-state index < -0.39 is 34.6 Å². The highest BCUT2D eigenvalue weighted by Crippen LogP contribution is 2.40. The van der Waals surface area contributed by atoms with Gasteiger partial charge in [0.2, 0.25) is 5.82 Å². The van der Waals surface area contributed by atoms with E-state index in [9.17, 15) is 13.2 Å². The van der Waals surface area contributed by atoms with Gasteiger partial charge in [-0.05, 0) is 102 Å². The van der Waals surface area contributed by atoms with Crippen LogP contribution in [0.5, 0.6) is 0 Å². The van der Waals surface area contributed by atoms with Crippen LogP contribution in [-0.4, -0.2) is 34.9 Å². The molecular formula is C41H22F5N7. The highest BCUT2D eigenvalue weighted by Gasteiger charge is 2.29. The minimum Gasteiger partial charge on any atom is -0.354 e. The Kier molecular flexibility index (Phi) is 7.58. The van der Waals surface area contributed by atoms with Gasteiger partial charge in [0, 0.05) is 81.5 Å². The minimum absolute atomic E-state index is 0.0368. The molecule has 2 N–H and O–H groups in total. The highest BCUT2D eigenvalue weighted by atomic mass is 19.2. The van der Waals surface area contributed by atoms with Crippen molar-refractivity contribution in [2.24, 2.45) is 0 Å². The van der Waals surface area contributed by atoms with E-state index in [1.165, 1.54) is 12.1 Å². The van der Waals surface area contributed by atoms with Gasteiger partial charge >= 0.3 is 0 Å². The van der Waals surface area contributed by atoms with Crippen LogP contribution >= 0.6 is 0 Å². The van der Waals surface area contributed by atoms with Crippen molar-refractivity contribution in [1.29, 1.82) is 0 Å². The van der Waals surface area contributed by atoms with Crippen molar-refractivity contribution in [3.8, 4) is 44.5 Å². The first-order valence-electron chi connectivity index (χ1n) is 16.3. The molecule has 0 saturated carbocycles. The van der Waals surface area contributed by atoms with Gasteiger partial charge in [-0.3, -0.25) is 15.0 Å². The first-order chi connectivity index (χ1) is 25.9. The van der Waals surface area contributed by atoms with Gasteiger partial charge in [0.1, 0.15) is 0 Å². The van der Waals surface area contributed by atoms with Gasteiger partial charge in [0.25, 0.3) is 0 Å². The normalized spacial score (nSPS) is 12.1. The Balaban J connectivity index is 1.51. The van der Waals surface area contributed by atoms with Crippen molar-refractivity contribution in [3.63, 3.8) is 0 Å². The quantitative estimate of drug-likeness (QED) is 0.108. The van der Waals surface area contributed by atoms with Crippen LogP contribution in [0.25, 0.3) is 90.9 Å². The van der Waals surface area contributed by atoms with Crippen molar-refractivity contribution >= 4 is 46.4 Å². The van der Waals surface area contributed by atoms with Gasteiger partial charge in [-0.15, -0.1) is 0 Å². The molecule has 0 unspecified atom stereocenters. The molecule has 0 amide bonds. The Morgan fingerprint density at radius 1 is 0.321 bits per heavy atom. The zero-order chi connectivity index (χ0) is 36.2. The minimum atomic E-state index is -2.26. The molecule has 7 aromatic rings. The number of nitrogens with one attached hydrogen (secondary N) is 2. The van der Waals surface area contributed by atoms with Crippen LogP contribution in [0.3, 0.4) is 0 Å². The van der Waals surface area contributed by atoms with Crippen molar-refractivity contribution in [1.82, 2.24) is 34.9 Å². The van der Waals surface area contributed by atoms with Crippen molar-refractivity contribution in [3.05, 3.63) is 150 Å². The van der Waals surface area contributed by atoms with Gasteiger partial charge in [-0.25, -0.2) is 31.9 Å². The maximum Gasteiger partial charge on any atom is 0.200 e. The van der Waals surface area contributed by atoms with Gasteiger partial charge in [-0.1, -0.05) is 0 Å². The summed E-state index contributed by atoms with van der Waals surface area (Å²) in [6.45, 7) is 0. The lowest BCUT2D eigenvalue weighted by atomic mass is 10.0.